The molecule has 1 atom stereocenters. The van der Waals surface area contributed by atoms with Crippen LogP contribution in [0.5, 0.6) is 0 Å². The molecule has 3 N–H and O–H groups in total. The van der Waals surface area contributed by atoms with Crippen LogP contribution in [0.2, 0.25) is 0 Å². The van der Waals surface area contributed by atoms with Crippen LogP contribution in [0.1, 0.15) is 17.7 Å². The SMILES string of the molecule is NNC(CCc1ccccc1)Cc1ccc(Br)cn1. The third kappa shape index (κ3) is 4.74. The Balaban J connectivity index is 1.88. The molecule has 1 aromatic heterocycles. The maximum atomic E-state index is 5.63. The van der Waals surface area contributed by atoms with Gasteiger partial charge in [0.05, 0.1) is 0 Å². The van der Waals surface area contributed by atoms with Crippen LogP contribution in [0.3, 0.4) is 0 Å². The highest BCUT2D eigenvalue weighted by Crippen LogP contribution is 2.11. The minimum absolute atomic E-state index is 0.244. The van der Waals surface area contributed by atoms with Crippen LogP contribution in [0.15, 0.2) is 53.1 Å². The number of pyridine rings is 1. The van der Waals surface area contributed by atoms with Crippen LogP contribution in [0, 0.1) is 0 Å². The van der Waals surface area contributed by atoms with Gasteiger partial charge in [0, 0.05) is 28.8 Å². The summed E-state index contributed by atoms with van der Waals surface area (Å²) in [5.74, 6) is 5.63. The number of nitrogens with zero attached hydrogens (tertiary/aromatic N) is 1. The maximum Gasteiger partial charge on any atom is 0.0420 e. The number of halogens is 1. The summed E-state index contributed by atoms with van der Waals surface area (Å²) < 4.78 is 0.998. The zero-order chi connectivity index (χ0) is 13.5. The number of rotatable bonds is 6. The maximum absolute atomic E-state index is 5.63. The van der Waals surface area contributed by atoms with E-state index in [1.54, 1.807) is 0 Å². The fourth-order valence-electron chi connectivity index (χ4n) is 2.01. The van der Waals surface area contributed by atoms with E-state index in [1.807, 2.05) is 24.4 Å². The number of aryl methyl sites for hydroxylation is 1. The molecule has 2 aromatic rings. The highest BCUT2D eigenvalue weighted by molar-refractivity contribution is 9.10. The van der Waals surface area contributed by atoms with Crippen molar-refractivity contribution in [3.8, 4) is 0 Å². The Morgan fingerprint density at radius 3 is 2.58 bits per heavy atom. The predicted octanol–water partition coefficient (Wildman–Crippen LogP) is 2.85. The van der Waals surface area contributed by atoms with E-state index in [0.29, 0.717) is 0 Å². The number of nitrogens with two attached hydrogens (primary N) is 1. The zero-order valence-corrected chi connectivity index (χ0v) is 12.3. The molecule has 1 unspecified atom stereocenters. The number of aromatic nitrogens is 1. The Bertz CT molecular complexity index is 485. The molecular formula is C15H18BrN3. The first-order chi connectivity index (χ1) is 9.28. The van der Waals surface area contributed by atoms with Gasteiger partial charge >= 0.3 is 0 Å². The fraction of sp³-hybridized carbons (Fsp3) is 0.267. The van der Waals surface area contributed by atoms with Gasteiger partial charge < -0.3 is 0 Å². The summed E-state index contributed by atoms with van der Waals surface area (Å²) in [6.07, 6.45) is 4.68. The van der Waals surface area contributed by atoms with Gasteiger partial charge in [-0.2, -0.15) is 0 Å². The van der Waals surface area contributed by atoms with Crippen LogP contribution in [-0.4, -0.2) is 11.0 Å². The van der Waals surface area contributed by atoms with Gasteiger partial charge in [-0.3, -0.25) is 16.3 Å². The van der Waals surface area contributed by atoms with Crippen LogP contribution in [0.25, 0.3) is 0 Å². The average Bonchev–Trinajstić information content (AvgIpc) is 2.46. The third-order valence-electron chi connectivity index (χ3n) is 3.10. The van der Waals surface area contributed by atoms with Crippen molar-refractivity contribution in [2.45, 2.75) is 25.3 Å². The van der Waals surface area contributed by atoms with Crippen molar-refractivity contribution >= 4 is 15.9 Å². The van der Waals surface area contributed by atoms with E-state index in [1.165, 1.54) is 5.56 Å². The van der Waals surface area contributed by atoms with E-state index < -0.39 is 0 Å². The molecule has 4 heteroatoms. The number of nitrogens with one attached hydrogen (secondary N) is 1. The van der Waals surface area contributed by atoms with E-state index in [9.17, 15) is 0 Å². The van der Waals surface area contributed by atoms with Crippen LogP contribution >= 0.6 is 15.9 Å². The van der Waals surface area contributed by atoms with E-state index in [4.69, 9.17) is 5.84 Å². The quantitative estimate of drug-likeness (QED) is 0.636. The lowest BCUT2D eigenvalue weighted by Gasteiger charge is -2.15. The molecule has 19 heavy (non-hydrogen) atoms. The Morgan fingerprint density at radius 1 is 1.16 bits per heavy atom. The van der Waals surface area contributed by atoms with Crippen LogP contribution in [0.4, 0.5) is 0 Å². The molecule has 0 aliphatic rings. The van der Waals surface area contributed by atoms with Crippen molar-refractivity contribution in [3.05, 3.63) is 64.4 Å². The standard InChI is InChI=1S/C15H18BrN3/c16-13-7-9-14(18-11-13)10-15(19-17)8-6-12-4-2-1-3-5-12/h1-5,7,9,11,15,19H,6,8,10,17H2. The first-order valence-electron chi connectivity index (χ1n) is 6.38. The molecule has 0 saturated carbocycles. The Morgan fingerprint density at radius 2 is 1.95 bits per heavy atom. The molecule has 0 bridgehead atoms. The van der Waals surface area contributed by atoms with Crippen molar-refractivity contribution in [1.29, 1.82) is 0 Å². The first kappa shape index (κ1) is 14.2. The topological polar surface area (TPSA) is 50.9 Å². The van der Waals surface area contributed by atoms with E-state index in [-0.39, 0.29) is 6.04 Å². The Kier molecular flexibility index (Phi) is 5.51. The third-order valence-corrected chi connectivity index (χ3v) is 3.57. The average molecular weight is 320 g/mol. The molecule has 0 saturated heterocycles. The summed E-state index contributed by atoms with van der Waals surface area (Å²) in [4.78, 5) is 4.38. The van der Waals surface area contributed by atoms with Crippen LogP contribution in [-0.2, 0) is 12.8 Å². The highest BCUT2D eigenvalue weighted by atomic mass is 79.9. The largest absolute Gasteiger partial charge is 0.271 e. The van der Waals surface area contributed by atoms with Gasteiger partial charge in [-0.1, -0.05) is 30.3 Å². The summed E-state index contributed by atoms with van der Waals surface area (Å²) >= 11 is 3.39. The first-order valence-corrected chi connectivity index (χ1v) is 7.17. The normalized spacial score (nSPS) is 12.3. The summed E-state index contributed by atoms with van der Waals surface area (Å²) in [7, 11) is 0. The summed E-state index contributed by atoms with van der Waals surface area (Å²) in [6, 6.07) is 14.7. The van der Waals surface area contributed by atoms with Gasteiger partial charge in [0.2, 0.25) is 0 Å². The number of hydrogen-bond donors (Lipinski definition) is 2. The molecule has 0 amide bonds. The van der Waals surface area contributed by atoms with Crippen molar-refractivity contribution in [3.63, 3.8) is 0 Å². The molecular weight excluding hydrogens is 302 g/mol. The van der Waals surface area contributed by atoms with Crippen molar-refractivity contribution in [2.75, 3.05) is 0 Å². The molecule has 0 fully saturated rings. The second-order valence-electron chi connectivity index (χ2n) is 4.56. The molecule has 100 valence electrons. The Labute approximate surface area is 122 Å². The molecule has 1 heterocycles. The minimum atomic E-state index is 0.244. The molecule has 1 aromatic carbocycles. The lowest BCUT2D eigenvalue weighted by atomic mass is 10.0. The number of hydrazine groups is 1. The molecule has 2 rings (SSSR count). The summed E-state index contributed by atoms with van der Waals surface area (Å²) in [6.45, 7) is 0. The molecule has 0 aliphatic carbocycles. The number of hydrogen-bond acceptors (Lipinski definition) is 3. The molecule has 3 nitrogen and oxygen atoms in total. The van der Waals surface area contributed by atoms with Gasteiger partial charge in [-0.25, -0.2) is 0 Å². The molecule has 0 radical (unpaired) electrons. The minimum Gasteiger partial charge on any atom is -0.271 e. The van der Waals surface area contributed by atoms with E-state index >= 15 is 0 Å². The zero-order valence-electron chi connectivity index (χ0n) is 10.7. The molecule has 0 spiro atoms. The Hall–Kier alpha value is -1.23. The number of benzene rings is 1. The van der Waals surface area contributed by atoms with Gasteiger partial charge in [0.1, 0.15) is 0 Å². The van der Waals surface area contributed by atoms with Crippen molar-refractivity contribution < 1.29 is 0 Å². The molecule has 0 aliphatic heterocycles. The van der Waals surface area contributed by atoms with Gasteiger partial charge in [0.15, 0.2) is 0 Å². The van der Waals surface area contributed by atoms with Gasteiger partial charge in [-0.15, -0.1) is 0 Å². The smallest absolute Gasteiger partial charge is 0.0420 e. The van der Waals surface area contributed by atoms with Gasteiger partial charge in [0.25, 0.3) is 0 Å². The summed E-state index contributed by atoms with van der Waals surface area (Å²) in [5, 5.41) is 0. The van der Waals surface area contributed by atoms with Crippen molar-refractivity contribution in [1.82, 2.24) is 10.4 Å². The van der Waals surface area contributed by atoms with Gasteiger partial charge in [-0.05, 0) is 46.5 Å². The predicted molar refractivity (Wildman–Crippen MR) is 81.5 cm³/mol. The monoisotopic (exact) mass is 319 g/mol. The highest BCUT2D eigenvalue weighted by Gasteiger charge is 2.08. The fourth-order valence-corrected chi connectivity index (χ4v) is 2.24. The second-order valence-corrected chi connectivity index (χ2v) is 5.48. The van der Waals surface area contributed by atoms with Crippen molar-refractivity contribution in [2.24, 2.45) is 5.84 Å². The van der Waals surface area contributed by atoms with Crippen LogP contribution < -0.4 is 11.3 Å². The lowest BCUT2D eigenvalue weighted by molar-refractivity contribution is 0.487. The lowest BCUT2D eigenvalue weighted by Crippen LogP contribution is -2.37. The van der Waals surface area contributed by atoms with E-state index in [2.05, 4.69) is 50.6 Å². The summed E-state index contributed by atoms with van der Waals surface area (Å²) in [5.41, 5.74) is 5.28. The van der Waals surface area contributed by atoms with E-state index in [0.717, 1.165) is 29.4 Å². The second kappa shape index (κ2) is 7.38.